The summed E-state index contributed by atoms with van der Waals surface area (Å²) in [6, 6.07) is 4.60. The molecule has 4 rings (SSSR count). The maximum atomic E-state index is 15.0. The zero-order valence-electron chi connectivity index (χ0n) is 18.2. The minimum Gasteiger partial charge on any atom is -0.444 e. The summed E-state index contributed by atoms with van der Waals surface area (Å²) in [5.74, 6) is -0.668. The number of ketones is 1. The number of ether oxygens (including phenoxy) is 1. The van der Waals surface area contributed by atoms with E-state index in [9.17, 15) is 14.4 Å². The van der Waals surface area contributed by atoms with Gasteiger partial charge >= 0.3 is 6.09 Å². The molecule has 176 valence electrons. The van der Waals surface area contributed by atoms with Crippen molar-refractivity contribution in [3.8, 4) is 0 Å². The highest BCUT2D eigenvalue weighted by Gasteiger charge is 2.33. The molecular formula is C20H25FN8O4. The fraction of sp³-hybridized carbons (Fsp3) is 0.500. The topological polar surface area (TPSA) is 126 Å². The number of rotatable bonds is 7. The third-order valence-corrected chi connectivity index (χ3v) is 5.52. The molecule has 0 unspecified atom stereocenters. The quantitative estimate of drug-likeness (QED) is 0.623. The Kier molecular flexibility index (Phi) is 6.77. The van der Waals surface area contributed by atoms with Crippen LogP contribution in [0.15, 0.2) is 24.5 Å². The summed E-state index contributed by atoms with van der Waals surface area (Å²) in [6.07, 6.45) is 1.09. The lowest BCUT2D eigenvalue weighted by Crippen LogP contribution is -2.45. The molecule has 0 spiro atoms. The number of nitrogens with one attached hydrogen (secondary N) is 1. The van der Waals surface area contributed by atoms with Crippen LogP contribution in [0.25, 0.3) is 0 Å². The van der Waals surface area contributed by atoms with Gasteiger partial charge in [-0.05, 0) is 36.8 Å². The molecule has 1 N–H and O–H groups in total. The smallest absolute Gasteiger partial charge is 0.414 e. The number of hydrogen-bond donors (Lipinski definition) is 1. The summed E-state index contributed by atoms with van der Waals surface area (Å²) < 4.78 is 20.3. The van der Waals surface area contributed by atoms with E-state index in [0.717, 1.165) is 0 Å². The van der Waals surface area contributed by atoms with E-state index >= 15 is 4.39 Å². The molecule has 13 heteroatoms. The molecule has 33 heavy (non-hydrogen) atoms. The molecule has 3 heterocycles. The second kappa shape index (κ2) is 9.90. The third-order valence-electron chi connectivity index (χ3n) is 5.52. The van der Waals surface area contributed by atoms with Crippen molar-refractivity contribution in [1.82, 2.24) is 30.6 Å². The van der Waals surface area contributed by atoms with Crippen molar-refractivity contribution in [2.24, 2.45) is 0 Å². The van der Waals surface area contributed by atoms with Gasteiger partial charge < -0.3 is 14.4 Å². The Bertz CT molecular complexity index is 1020. The van der Waals surface area contributed by atoms with Gasteiger partial charge in [-0.15, -0.1) is 10.2 Å². The Morgan fingerprint density at radius 1 is 1.27 bits per heavy atom. The van der Waals surface area contributed by atoms with Crippen LogP contribution in [0.1, 0.15) is 19.8 Å². The molecule has 12 nitrogen and oxygen atoms in total. The van der Waals surface area contributed by atoms with E-state index in [1.54, 1.807) is 12.1 Å². The number of halogens is 1. The molecular weight excluding hydrogens is 435 g/mol. The second-order valence-electron chi connectivity index (χ2n) is 7.90. The Morgan fingerprint density at radius 2 is 2.12 bits per heavy atom. The van der Waals surface area contributed by atoms with E-state index in [0.29, 0.717) is 50.4 Å². The lowest BCUT2D eigenvalue weighted by molar-refractivity contribution is -0.135. The van der Waals surface area contributed by atoms with Gasteiger partial charge in [-0.2, -0.15) is 4.80 Å². The SMILES string of the molecule is CC(=O)CC[C@H]1CN(c2ccc(N3CCNN(C(=O)Cn4ncnn4)CC3)c(F)c2)C(=O)O1. The van der Waals surface area contributed by atoms with Gasteiger partial charge in [-0.3, -0.25) is 14.7 Å². The predicted molar refractivity (Wildman–Crippen MR) is 114 cm³/mol. The predicted octanol–water partition coefficient (Wildman–Crippen LogP) is 0.360. The molecule has 2 aliphatic rings. The average molecular weight is 460 g/mol. The van der Waals surface area contributed by atoms with Crippen molar-refractivity contribution in [1.29, 1.82) is 0 Å². The minimum absolute atomic E-state index is 0.0298. The number of carbonyl (C=O) groups is 3. The maximum absolute atomic E-state index is 15.0. The third kappa shape index (κ3) is 5.42. The Labute approximate surface area is 189 Å². The van der Waals surface area contributed by atoms with Crippen LogP contribution in [0.5, 0.6) is 0 Å². The monoisotopic (exact) mass is 460 g/mol. The number of carbonyl (C=O) groups excluding carboxylic acids is 3. The van der Waals surface area contributed by atoms with Gasteiger partial charge in [-0.25, -0.2) is 14.6 Å². The molecule has 2 aliphatic heterocycles. The first-order valence-electron chi connectivity index (χ1n) is 10.7. The number of benzene rings is 1. The Hall–Kier alpha value is -3.61. The van der Waals surface area contributed by atoms with Gasteiger partial charge in [0, 0.05) is 26.1 Å². The van der Waals surface area contributed by atoms with Gasteiger partial charge in [0.15, 0.2) is 6.33 Å². The highest BCUT2D eigenvalue weighted by Crippen LogP contribution is 2.29. The standard InChI is InChI=1S/C20H25FN8O4/c1-14(30)2-4-16-11-27(20(32)33-16)15-3-5-18(17(21)10-15)26-7-6-23-28(9-8-26)19(31)12-29-24-13-22-25-29/h3,5,10,13,16,23H,2,4,6-9,11-12H2,1H3/t16-/m0/s1. The fourth-order valence-electron chi connectivity index (χ4n) is 3.82. The molecule has 0 saturated carbocycles. The first kappa shape index (κ1) is 22.6. The summed E-state index contributed by atoms with van der Waals surface area (Å²) in [6.45, 7) is 3.40. The lowest BCUT2D eigenvalue weighted by atomic mass is 10.1. The molecule has 2 aromatic rings. The number of hydrogen-bond acceptors (Lipinski definition) is 9. The first-order valence-corrected chi connectivity index (χ1v) is 10.7. The number of tetrazole rings is 1. The van der Waals surface area contributed by atoms with Crippen LogP contribution in [0, 0.1) is 5.82 Å². The normalized spacial score (nSPS) is 18.9. The molecule has 2 amide bonds. The number of Topliss-reactive ketones (excluding diaryl/α,β-unsaturated/α-hetero) is 1. The van der Waals surface area contributed by atoms with Crippen molar-refractivity contribution < 1.29 is 23.5 Å². The molecule has 0 radical (unpaired) electrons. The van der Waals surface area contributed by atoms with Crippen molar-refractivity contribution in [3.63, 3.8) is 0 Å². The minimum atomic E-state index is -0.550. The van der Waals surface area contributed by atoms with Gasteiger partial charge in [0.2, 0.25) is 0 Å². The van der Waals surface area contributed by atoms with E-state index in [2.05, 4.69) is 20.8 Å². The van der Waals surface area contributed by atoms with Crippen molar-refractivity contribution >= 4 is 29.2 Å². The maximum Gasteiger partial charge on any atom is 0.414 e. The van der Waals surface area contributed by atoms with E-state index in [1.807, 2.05) is 4.90 Å². The summed E-state index contributed by atoms with van der Waals surface area (Å²) in [4.78, 5) is 40.2. The summed E-state index contributed by atoms with van der Waals surface area (Å²) >= 11 is 0. The second-order valence-corrected chi connectivity index (χ2v) is 7.90. The van der Waals surface area contributed by atoms with E-state index in [4.69, 9.17) is 4.74 Å². The van der Waals surface area contributed by atoms with Crippen molar-refractivity contribution in [3.05, 3.63) is 30.3 Å². The van der Waals surface area contributed by atoms with Gasteiger partial charge in [0.05, 0.1) is 24.5 Å². The zero-order valence-corrected chi connectivity index (χ0v) is 18.2. The van der Waals surface area contributed by atoms with Crippen molar-refractivity contribution in [2.75, 3.05) is 42.5 Å². The summed E-state index contributed by atoms with van der Waals surface area (Å²) in [7, 11) is 0. The Balaban J connectivity index is 1.37. The van der Waals surface area contributed by atoms with E-state index < -0.39 is 18.0 Å². The summed E-state index contributed by atoms with van der Waals surface area (Å²) in [5, 5.41) is 12.6. The largest absolute Gasteiger partial charge is 0.444 e. The molecule has 0 bridgehead atoms. The first-order chi connectivity index (χ1) is 15.9. The van der Waals surface area contributed by atoms with Gasteiger partial charge in [0.25, 0.3) is 5.91 Å². The number of cyclic esters (lactones) is 1. The van der Waals surface area contributed by atoms with E-state index in [1.165, 1.54) is 34.0 Å². The van der Waals surface area contributed by atoms with Crippen LogP contribution in [0.3, 0.4) is 0 Å². The van der Waals surface area contributed by atoms with Crippen LogP contribution < -0.4 is 15.2 Å². The fourth-order valence-corrected chi connectivity index (χ4v) is 3.82. The number of hydrazine groups is 1. The Morgan fingerprint density at radius 3 is 2.85 bits per heavy atom. The molecule has 2 fully saturated rings. The molecule has 1 aromatic heterocycles. The highest BCUT2D eigenvalue weighted by atomic mass is 19.1. The molecule has 2 saturated heterocycles. The van der Waals surface area contributed by atoms with Crippen LogP contribution >= 0.6 is 0 Å². The highest BCUT2D eigenvalue weighted by molar-refractivity contribution is 5.90. The van der Waals surface area contributed by atoms with Crippen molar-refractivity contribution in [2.45, 2.75) is 32.4 Å². The lowest BCUT2D eigenvalue weighted by Gasteiger charge is -2.24. The molecule has 1 aromatic carbocycles. The number of amides is 2. The van der Waals surface area contributed by atoms with Gasteiger partial charge in [0.1, 0.15) is 24.2 Å². The number of anilines is 2. The van der Waals surface area contributed by atoms with Gasteiger partial charge in [-0.1, -0.05) is 0 Å². The van der Waals surface area contributed by atoms with Crippen LogP contribution in [0.4, 0.5) is 20.6 Å². The summed E-state index contributed by atoms with van der Waals surface area (Å²) in [5.41, 5.74) is 3.82. The van der Waals surface area contributed by atoms with Crippen LogP contribution in [-0.4, -0.2) is 81.8 Å². The van der Waals surface area contributed by atoms with Crippen LogP contribution in [-0.2, 0) is 20.9 Å². The molecule has 1 atom stereocenters. The molecule has 0 aliphatic carbocycles. The van der Waals surface area contributed by atoms with E-state index in [-0.39, 0.29) is 24.8 Å². The number of aromatic nitrogens is 4. The number of nitrogens with zero attached hydrogens (tertiary/aromatic N) is 7. The zero-order chi connectivity index (χ0) is 23.4. The van der Waals surface area contributed by atoms with Crippen LogP contribution in [0.2, 0.25) is 0 Å². The average Bonchev–Trinajstić information content (AvgIpc) is 3.35.